The highest BCUT2D eigenvalue weighted by Crippen LogP contribution is 2.31. The first-order chi connectivity index (χ1) is 20.1. The van der Waals surface area contributed by atoms with Gasteiger partial charge in [-0.05, 0) is 80.5 Å². The van der Waals surface area contributed by atoms with Crippen molar-refractivity contribution >= 4 is 23.8 Å². The first-order valence-electron chi connectivity index (χ1n) is 14.8. The Hall–Kier alpha value is -3.79. The summed E-state index contributed by atoms with van der Waals surface area (Å²) in [5.41, 5.74) is 4.25. The van der Waals surface area contributed by atoms with Crippen LogP contribution in [0.25, 0.3) is 0 Å². The third-order valence-electron chi connectivity index (χ3n) is 8.45. The number of aryl methyl sites for hydroxylation is 1. The molecule has 42 heavy (non-hydrogen) atoms. The molecule has 2 aromatic rings. The normalized spacial score (nSPS) is 21.0. The van der Waals surface area contributed by atoms with Crippen molar-refractivity contribution in [2.45, 2.75) is 64.6 Å². The molecule has 10 nitrogen and oxygen atoms in total. The highest BCUT2D eigenvalue weighted by molar-refractivity contribution is 5.94. The zero-order chi connectivity index (χ0) is 30.2. The standard InChI is InChI=1S/C32H44N4O6/c1-22-18-27(11-8-26(22)21-35-15-16-36(32(39)40)23(2)20-35)34(4)30(37)25-9-12-28(13-10-25)42-29-7-5-6-24(19-29)14-17-41-31(38)33-3/h5-8,11,18-19,23,25,28H,9-10,12-17,20-21H2,1-4H3,(H,33,38)(H,39,40)/t23-,25?,28?/m0/s1. The maximum absolute atomic E-state index is 13.4. The molecule has 2 aliphatic rings. The molecule has 4 rings (SSSR count). The molecule has 228 valence electrons. The van der Waals surface area contributed by atoms with Crippen LogP contribution < -0.4 is 15.0 Å². The minimum Gasteiger partial charge on any atom is -0.490 e. The smallest absolute Gasteiger partial charge is 0.407 e. The van der Waals surface area contributed by atoms with Gasteiger partial charge in [0.15, 0.2) is 0 Å². The second-order valence-electron chi connectivity index (χ2n) is 11.4. The first-order valence-corrected chi connectivity index (χ1v) is 14.8. The summed E-state index contributed by atoms with van der Waals surface area (Å²) in [5, 5.41) is 11.8. The predicted octanol–water partition coefficient (Wildman–Crippen LogP) is 4.68. The van der Waals surface area contributed by atoms with Crippen LogP contribution >= 0.6 is 0 Å². The summed E-state index contributed by atoms with van der Waals surface area (Å²) in [4.78, 5) is 41.6. The molecule has 1 atom stereocenters. The molecule has 1 saturated carbocycles. The Balaban J connectivity index is 1.25. The number of hydrogen-bond donors (Lipinski definition) is 2. The fourth-order valence-corrected chi connectivity index (χ4v) is 5.90. The van der Waals surface area contributed by atoms with Crippen LogP contribution in [0.5, 0.6) is 5.75 Å². The molecule has 0 bridgehead atoms. The molecule has 2 fully saturated rings. The van der Waals surface area contributed by atoms with E-state index in [0.717, 1.165) is 54.8 Å². The molecular weight excluding hydrogens is 536 g/mol. The Kier molecular flexibility index (Phi) is 10.7. The van der Waals surface area contributed by atoms with Crippen molar-refractivity contribution in [2.24, 2.45) is 5.92 Å². The number of carboxylic acid groups (broad SMARTS) is 1. The van der Waals surface area contributed by atoms with Crippen LogP contribution in [0.1, 0.15) is 49.3 Å². The Morgan fingerprint density at radius 3 is 2.50 bits per heavy atom. The lowest BCUT2D eigenvalue weighted by Gasteiger charge is -2.38. The molecule has 2 N–H and O–H groups in total. The van der Waals surface area contributed by atoms with Crippen molar-refractivity contribution in [2.75, 3.05) is 45.2 Å². The number of hydrogen-bond acceptors (Lipinski definition) is 6. The van der Waals surface area contributed by atoms with Crippen LogP contribution in [0.4, 0.5) is 15.3 Å². The van der Waals surface area contributed by atoms with Crippen LogP contribution in [-0.2, 0) is 22.5 Å². The number of rotatable bonds is 9. The summed E-state index contributed by atoms with van der Waals surface area (Å²) in [7, 11) is 3.39. The molecule has 0 unspecified atom stereocenters. The molecule has 1 heterocycles. The molecule has 0 aromatic heterocycles. The lowest BCUT2D eigenvalue weighted by atomic mass is 9.86. The van der Waals surface area contributed by atoms with Gasteiger partial charge >= 0.3 is 12.2 Å². The Morgan fingerprint density at radius 2 is 1.83 bits per heavy atom. The number of anilines is 1. The van der Waals surface area contributed by atoms with E-state index < -0.39 is 12.2 Å². The van der Waals surface area contributed by atoms with Crippen molar-refractivity contribution in [3.63, 3.8) is 0 Å². The molecule has 3 amide bonds. The van der Waals surface area contributed by atoms with Crippen LogP contribution in [0.2, 0.25) is 0 Å². The van der Waals surface area contributed by atoms with Crippen molar-refractivity contribution in [1.29, 1.82) is 0 Å². The molecule has 10 heteroatoms. The zero-order valence-electron chi connectivity index (χ0n) is 25.2. The summed E-state index contributed by atoms with van der Waals surface area (Å²) in [6.45, 7) is 7.01. The van der Waals surface area contributed by atoms with E-state index in [1.165, 1.54) is 17.5 Å². The lowest BCUT2D eigenvalue weighted by Crippen LogP contribution is -2.53. The molecule has 2 aromatic carbocycles. The summed E-state index contributed by atoms with van der Waals surface area (Å²) < 4.78 is 11.3. The third-order valence-corrected chi connectivity index (χ3v) is 8.45. The molecule has 0 spiro atoms. The molecular formula is C32H44N4O6. The van der Waals surface area contributed by atoms with Crippen LogP contribution in [0.15, 0.2) is 42.5 Å². The molecule has 1 aliphatic carbocycles. The highest BCUT2D eigenvalue weighted by Gasteiger charge is 2.30. The fraction of sp³-hybridized carbons (Fsp3) is 0.531. The highest BCUT2D eigenvalue weighted by atomic mass is 16.5. The SMILES string of the molecule is CNC(=O)OCCc1cccc(OC2CCC(C(=O)N(C)c3ccc(CN4CCN(C(=O)O)[C@@H](C)C4)c(C)c3)CC2)c1. The average Bonchev–Trinajstić information content (AvgIpc) is 2.98. The van der Waals surface area contributed by atoms with Crippen molar-refractivity contribution in [3.05, 3.63) is 59.2 Å². The van der Waals surface area contributed by atoms with E-state index in [9.17, 15) is 19.5 Å². The second-order valence-corrected chi connectivity index (χ2v) is 11.4. The average molecular weight is 581 g/mol. The van der Waals surface area contributed by atoms with Crippen LogP contribution in [-0.4, -0.2) is 85.5 Å². The van der Waals surface area contributed by atoms with Crippen LogP contribution in [0.3, 0.4) is 0 Å². The van der Waals surface area contributed by atoms with Gasteiger partial charge in [-0.15, -0.1) is 0 Å². The predicted molar refractivity (Wildman–Crippen MR) is 161 cm³/mol. The van der Waals surface area contributed by atoms with E-state index in [1.54, 1.807) is 4.90 Å². The minimum atomic E-state index is -0.857. The van der Waals surface area contributed by atoms with Gasteiger partial charge < -0.3 is 29.7 Å². The molecule has 0 radical (unpaired) electrons. The van der Waals surface area contributed by atoms with E-state index in [4.69, 9.17) is 9.47 Å². The number of nitrogens with one attached hydrogen (secondary N) is 1. The van der Waals surface area contributed by atoms with Crippen molar-refractivity contribution in [1.82, 2.24) is 15.1 Å². The number of piperazine rings is 1. The van der Waals surface area contributed by atoms with Gasteiger partial charge in [-0.25, -0.2) is 9.59 Å². The Bertz CT molecular complexity index is 1250. The maximum atomic E-state index is 13.4. The number of carbonyl (C=O) groups is 3. The molecule has 1 saturated heterocycles. The number of benzene rings is 2. The van der Waals surface area contributed by atoms with Gasteiger partial charge in [0.1, 0.15) is 5.75 Å². The van der Waals surface area contributed by atoms with E-state index in [1.807, 2.05) is 44.3 Å². The number of amides is 3. The van der Waals surface area contributed by atoms with Gasteiger partial charge in [-0.2, -0.15) is 0 Å². The van der Waals surface area contributed by atoms with E-state index in [0.29, 0.717) is 32.7 Å². The quantitative estimate of drug-likeness (QED) is 0.443. The van der Waals surface area contributed by atoms with Gasteiger partial charge in [0.25, 0.3) is 0 Å². The van der Waals surface area contributed by atoms with Gasteiger partial charge in [0.05, 0.1) is 12.7 Å². The van der Waals surface area contributed by atoms with Gasteiger partial charge in [0.2, 0.25) is 5.91 Å². The number of nitrogens with zero attached hydrogens (tertiary/aromatic N) is 3. The fourth-order valence-electron chi connectivity index (χ4n) is 5.90. The lowest BCUT2D eigenvalue weighted by molar-refractivity contribution is -0.123. The first kappa shape index (κ1) is 31.2. The number of carbonyl (C=O) groups excluding carboxylic acids is 2. The summed E-state index contributed by atoms with van der Waals surface area (Å²) in [6.07, 6.45) is 2.59. The van der Waals surface area contributed by atoms with Gasteiger partial charge in [0, 0.05) is 64.3 Å². The van der Waals surface area contributed by atoms with Crippen molar-refractivity contribution < 1.29 is 29.0 Å². The summed E-state index contributed by atoms with van der Waals surface area (Å²) in [6, 6.07) is 14.0. The maximum Gasteiger partial charge on any atom is 0.407 e. The largest absolute Gasteiger partial charge is 0.490 e. The Morgan fingerprint density at radius 1 is 1.07 bits per heavy atom. The topological polar surface area (TPSA) is 112 Å². The van der Waals surface area contributed by atoms with E-state index >= 15 is 0 Å². The third kappa shape index (κ3) is 8.15. The summed E-state index contributed by atoms with van der Waals surface area (Å²) >= 11 is 0. The van der Waals surface area contributed by atoms with Crippen LogP contribution in [0, 0.1) is 12.8 Å². The Labute approximate surface area is 248 Å². The van der Waals surface area contributed by atoms with E-state index in [2.05, 4.69) is 29.3 Å². The van der Waals surface area contributed by atoms with Gasteiger partial charge in [-0.3, -0.25) is 9.69 Å². The summed E-state index contributed by atoms with van der Waals surface area (Å²) in [5.74, 6) is 0.903. The van der Waals surface area contributed by atoms with Gasteiger partial charge in [-0.1, -0.05) is 18.2 Å². The monoisotopic (exact) mass is 580 g/mol. The number of alkyl carbamates (subject to hydrolysis) is 1. The molecule has 1 aliphatic heterocycles. The van der Waals surface area contributed by atoms with Crippen molar-refractivity contribution in [3.8, 4) is 5.75 Å². The number of ether oxygens (including phenoxy) is 2. The second kappa shape index (κ2) is 14.4. The zero-order valence-corrected chi connectivity index (χ0v) is 25.2. The minimum absolute atomic E-state index is 0.0324. The van der Waals surface area contributed by atoms with E-state index in [-0.39, 0.29) is 24.0 Å².